The number of carbonyl (C=O) groups is 3. The first kappa shape index (κ1) is 29.4. The van der Waals surface area contributed by atoms with Gasteiger partial charge in [-0.15, -0.1) is 0 Å². The summed E-state index contributed by atoms with van der Waals surface area (Å²) < 4.78 is 38.7. The van der Waals surface area contributed by atoms with Crippen LogP contribution in [0.1, 0.15) is 56.3 Å². The van der Waals surface area contributed by atoms with E-state index in [1.165, 1.54) is 23.2 Å². The molecule has 0 spiro atoms. The van der Waals surface area contributed by atoms with Crippen LogP contribution in [-0.2, 0) is 9.53 Å². The van der Waals surface area contributed by atoms with Gasteiger partial charge >= 0.3 is 6.09 Å². The van der Waals surface area contributed by atoms with Crippen LogP contribution in [0.25, 0.3) is 11.3 Å². The van der Waals surface area contributed by atoms with Crippen LogP contribution in [0, 0.1) is 22.8 Å². The summed E-state index contributed by atoms with van der Waals surface area (Å²) in [6.45, 7) is 6.97. The maximum Gasteiger partial charge on any atom is 0.410 e. The normalized spacial score (nSPS) is 18.0. The summed E-state index contributed by atoms with van der Waals surface area (Å²) >= 11 is 0. The van der Waals surface area contributed by atoms with Crippen molar-refractivity contribution in [1.29, 1.82) is 0 Å². The first-order valence-electron chi connectivity index (χ1n) is 13.0. The molecule has 3 heterocycles. The van der Waals surface area contributed by atoms with Gasteiger partial charge in [0.1, 0.15) is 23.3 Å². The summed E-state index contributed by atoms with van der Waals surface area (Å²) in [6, 6.07) is 7.53. The highest BCUT2D eigenvalue weighted by Gasteiger charge is 2.39. The van der Waals surface area contributed by atoms with E-state index in [-0.39, 0.29) is 36.5 Å². The Morgan fingerprint density at radius 3 is 2.63 bits per heavy atom. The molecule has 0 radical (unpaired) electrons. The number of halogens is 2. The third-order valence-corrected chi connectivity index (χ3v) is 6.51. The van der Waals surface area contributed by atoms with Crippen molar-refractivity contribution < 1.29 is 37.2 Å². The van der Waals surface area contributed by atoms with Gasteiger partial charge in [-0.1, -0.05) is 5.16 Å². The number of nitrogens with zero attached hydrogens (tertiary/aromatic N) is 3. The van der Waals surface area contributed by atoms with Crippen molar-refractivity contribution >= 4 is 17.9 Å². The van der Waals surface area contributed by atoms with Gasteiger partial charge in [0.2, 0.25) is 11.6 Å². The number of carbonyl (C=O) groups excluding carboxylic acids is 3. The van der Waals surface area contributed by atoms with E-state index in [1.807, 2.05) is 0 Å². The summed E-state index contributed by atoms with van der Waals surface area (Å²) in [7, 11) is 0. The molecule has 1 saturated heterocycles. The predicted octanol–water partition coefficient (Wildman–Crippen LogP) is 3.49. The fourth-order valence-corrected chi connectivity index (χ4v) is 4.49. The van der Waals surface area contributed by atoms with E-state index < -0.39 is 53.1 Å². The van der Waals surface area contributed by atoms with E-state index in [0.717, 1.165) is 6.07 Å². The number of ether oxygens (including phenoxy) is 1. The molecule has 11 nitrogen and oxygen atoms in total. The van der Waals surface area contributed by atoms with Gasteiger partial charge in [0.25, 0.3) is 5.91 Å². The summed E-state index contributed by atoms with van der Waals surface area (Å²) in [4.78, 5) is 40.7. The third-order valence-electron chi connectivity index (χ3n) is 6.51. The molecule has 0 aliphatic carbocycles. The van der Waals surface area contributed by atoms with Crippen LogP contribution < -0.4 is 15.4 Å². The van der Waals surface area contributed by atoms with Crippen molar-refractivity contribution in [2.75, 3.05) is 13.1 Å². The second-order valence-corrected chi connectivity index (χ2v) is 10.8. The summed E-state index contributed by atoms with van der Waals surface area (Å²) in [5.41, 5.74) is -0.698. The SMILES string of the molecule is CC(NC(=O)[C@@H]1CN(C(=O)OC(C)(C)C)CC[C@H]1NC(=O)c1cc(-c2ccc(F)cc2F)on1)c1cccc[n+]1[O-]. The molecular weight excluding hydrogens is 540 g/mol. The largest absolute Gasteiger partial charge is 0.618 e. The zero-order chi connectivity index (χ0) is 29.9. The summed E-state index contributed by atoms with van der Waals surface area (Å²) in [5, 5.41) is 21.4. The Balaban J connectivity index is 1.52. The standard InChI is InChI=1S/C28H31F2N5O6/c1-16(23-7-5-6-11-35(23)39)31-25(36)19-15-34(27(38)40-28(2,3)4)12-10-21(19)32-26(37)22-14-24(41-33-22)18-9-8-17(29)13-20(18)30/h5-9,11,13-14,16,19,21H,10,12,15H2,1-4H3,(H,31,36)(H,32,37)/t16?,19-,21-/m1/s1. The van der Waals surface area contributed by atoms with E-state index in [0.29, 0.717) is 16.5 Å². The number of hydrogen-bond acceptors (Lipinski definition) is 7. The molecule has 1 aliphatic rings. The zero-order valence-electron chi connectivity index (χ0n) is 23.0. The Kier molecular flexibility index (Phi) is 8.55. The Hall–Kier alpha value is -4.55. The molecule has 0 bridgehead atoms. The van der Waals surface area contributed by atoms with Crippen LogP contribution in [0.3, 0.4) is 0 Å². The van der Waals surface area contributed by atoms with Crippen molar-refractivity contribution in [2.45, 2.75) is 51.8 Å². The molecule has 218 valence electrons. The van der Waals surface area contributed by atoms with Crippen LogP contribution >= 0.6 is 0 Å². The smallest absolute Gasteiger partial charge is 0.410 e. The first-order chi connectivity index (χ1) is 19.3. The topological polar surface area (TPSA) is 141 Å². The first-order valence-corrected chi connectivity index (χ1v) is 13.0. The van der Waals surface area contributed by atoms with Crippen LogP contribution in [0.15, 0.2) is 53.2 Å². The van der Waals surface area contributed by atoms with Gasteiger partial charge < -0.3 is 30.0 Å². The minimum atomic E-state index is -0.910. The van der Waals surface area contributed by atoms with E-state index in [1.54, 1.807) is 45.9 Å². The molecule has 4 rings (SSSR count). The van der Waals surface area contributed by atoms with Gasteiger partial charge in [0.05, 0.1) is 11.5 Å². The number of rotatable bonds is 6. The summed E-state index contributed by atoms with van der Waals surface area (Å²) in [5.74, 6) is -3.82. The van der Waals surface area contributed by atoms with Crippen molar-refractivity contribution in [2.24, 2.45) is 5.92 Å². The number of nitrogens with one attached hydrogen (secondary N) is 2. The summed E-state index contributed by atoms with van der Waals surface area (Å²) in [6.07, 6.45) is 0.924. The number of piperidine rings is 1. The van der Waals surface area contributed by atoms with E-state index >= 15 is 0 Å². The maximum atomic E-state index is 14.2. The van der Waals surface area contributed by atoms with Gasteiger partial charge in [-0.05, 0) is 52.3 Å². The Labute approximate surface area is 235 Å². The fourth-order valence-electron chi connectivity index (χ4n) is 4.49. The second-order valence-electron chi connectivity index (χ2n) is 10.8. The number of hydrogen-bond donors (Lipinski definition) is 2. The van der Waals surface area contributed by atoms with Crippen LogP contribution in [0.4, 0.5) is 13.6 Å². The molecule has 1 aliphatic heterocycles. The van der Waals surface area contributed by atoms with Crippen molar-refractivity contribution in [3.05, 3.63) is 76.9 Å². The number of amides is 3. The number of likely N-dealkylation sites (tertiary alicyclic amines) is 1. The lowest BCUT2D eigenvalue weighted by atomic mass is 9.90. The van der Waals surface area contributed by atoms with Gasteiger partial charge in [-0.3, -0.25) is 9.59 Å². The quantitative estimate of drug-likeness (QED) is 0.341. The monoisotopic (exact) mass is 571 g/mol. The molecule has 1 fully saturated rings. The average Bonchev–Trinajstić information content (AvgIpc) is 3.38. The van der Waals surface area contributed by atoms with E-state index in [2.05, 4.69) is 15.8 Å². The molecule has 41 heavy (non-hydrogen) atoms. The molecule has 1 unspecified atom stereocenters. The highest BCUT2D eigenvalue weighted by atomic mass is 19.1. The molecule has 13 heteroatoms. The van der Waals surface area contributed by atoms with Gasteiger partial charge in [0, 0.05) is 43.4 Å². The molecule has 3 aromatic rings. The number of aromatic nitrogens is 2. The van der Waals surface area contributed by atoms with Gasteiger partial charge in [0.15, 0.2) is 17.7 Å². The lowest BCUT2D eigenvalue weighted by Gasteiger charge is -2.38. The predicted molar refractivity (Wildman–Crippen MR) is 141 cm³/mol. The van der Waals surface area contributed by atoms with Crippen LogP contribution in [0.5, 0.6) is 0 Å². The highest BCUT2D eigenvalue weighted by Crippen LogP contribution is 2.26. The van der Waals surface area contributed by atoms with Gasteiger partial charge in [-0.25, -0.2) is 13.6 Å². The molecule has 2 aromatic heterocycles. The molecule has 3 amide bonds. The van der Waals surface area contributed by atoms with Crippen LogP contribution in [-0.4, -0.2) is 52.7 Å². The lowest BCUT2D eigenvalue weighted by molar-refractivity contribution is -0.615. The second kappa shape index (κ2) is 11.9. The fraction of sp³-hybridized carbons (Fsp3) is 0.393. The van der Waals surface area contributed by atoms with Crippen molar-refractivity contribution in [3.63, 3.8) is 0 Å². The molecule has 0 saturated carbocycles. The van der Waals surface area contributed by atoms with Gasteiger partial charge in [-0.2, -0.15) is 4.73 Å². The molecular formula is C28H31F2N5O6. The van der Waals surface area contributed by atoms with Crippen molar-refractivity contribution in [1.82, 2.24) is 20.7 Å². The Morgan fingerprint density at radius 1 is 1.20 bits per heavy atom. The third kappa shape index (κ3) is 7.16. The maximum absolute atomic E-state index is 14.2. The van der Waals surface area contributed by atoms with E-state index in [9.17, 15) is 28.4 Å². The minimum Gasteiger partial charge on any atom is -0.618 e. The molecule has 2 N–H and O–H groups in total. The lowest BCUT2D eigenvalue weighted by Crippen LogP contribution is -2.57. The zero-order valence-corrected chi connectivity index (χ0v) is 23.0. The average molecular weight is 572 g/mol. The minimum absolute atomic E-state index is 0.0601. The number of pyridine rings is 1. The van der Waals surface area contributed by atoms with Crippen molar-refractivity contribution in [3.8, 4) is 11.3 Å². The highest BCUT2D eigenvalue weighted by molar-refractivity contribution is 5.94. The Morgan fingerprint density at radius 2 is 1.95 bits per heavy atom. The number of benzene rings is 1. The molecule has 1 aromatic carbocycles. The van der Waals surface area contributed by atoms with Crippen LogP contribution in [0.2, 0.25) is 0 Å². The van der Waals surface area contributed by atoms with E-state index in [4.69, 9.17) is 9.26 Å². The molecule has 3 atom stereocenters. The Bertz CT molecular complexity index is 1440.